The van der Waals surface area contributed by atoms with Crippen LogP contribution in [0.4, 0.5) is 0 Å². The maximum atomic E-state index is 12.8. The Morgan fingerprint density at radius 2 is 1.84 bits per heavy atom. The van der Waals surface area contributed by atoms with Gasteiger partial charge in [-0.2, -0.15) is 0 Å². The molecule has 7 N–H and O–H groups in total. The van der Waals surface area contributed by atoms with Crippen molar-refractivity contribution >= 4 is 17.7 Å². The van der Waals surface area contributed by atoms with Gasteiger partial charge in [-0.15, -0.1) is 0 Å². The van der Waals surface area contributed by atoms with Gasteiger partial charge in [0.05, 0.1) is 18.4 Å². The average Bonchev–Trinajstić information content (AvgIpc) is 3.27. The van der Waals surface area contributed by atoms with Gasteiger partial charge in [-0.1, -0.05) is 30.3 Å². The number of amides is 3. The fourth-order valence-corrected chi connectivity index (χ4v) is 3.64. The van der Waals surface area contributed by atoms with Crippen molar-refractivity contribution in [3.8, 4) is 0 Å². The van der Waals surface area contributed by atoms with Crippen molar-refractivity contribution in [3.05, 3.63) is 60.1 Å². The van der Waals surface area contributed by atoms with Gasteiger partial charge in [-0.3, -0.25) is 14.4 Å². The maximum Gasteiger partial charge on any atom is 0.287 e. The van der Waals surface area contributed by atoms with Gasteiger partial charge in [0.2, 0.25) is 5.91 Å². The highest BCUT2D eigenvalue weighted by atomic mass is 16.3. The van der Waals surface area contributed by atoms with Crippen LogP contribution in [0.15, 0.2) is 53.1 Å². The van der Waals surface area contributed by atoms with E-state index in [1.165, 1.54) is 18.4 Å². The van der Waals surface area contributed by atoms with E-state index in [2.05, 4.69) is 10.6 Å². The highest BCUT2D eigenvalue weighted by molar-refractivity contribution is 5.93. The fourth-order valence-electron chi connectivity index (χ4n) is 3.64. The summed E-state index contributed by atoms with van der Waals surface area (Å²) in [6.45, 7) is 0. The van der Waals surface area contributed by atoms with Crippen LogP contribution in [0.25, 0.3) is 0 Å². The van der Waals surface area contributed by atoms with Crippen LogP contribution in [0.2, 0.25) is 0 Å². The smallest absolute Gasteiger partial charge is 0.287 e. The molecule has 166 valence electrons. The van der Waals surface area contributed by atoms with E-state index in [9.17, 15) is 29.7 Å². The standard InChI is InChI=1S/C21H25N3O7/c22-18(27)13(9-12-5-2-1-3-6-12)24-20(29)21(30)10-14(17(26)15(25)11-21)23-19(28)16-7-4-8-31-16/h1-8,13-15,17,25-26,30H,9-11H2,(H2,22,27)(H,23,28)(H,24,29). The summed E-state index contributed by atoms with van der Waals surface area (Å²) in [6.07, 6.45) is -2.37. The fraction of sp³-hybridized carbons (Fsp3) is 0.381. The number of carbonyl (C=O) groups excluding carboxylic acids is 3. The van der Waals surface area contributed by atoms with E-state index in [-0.39, 0.29) is 18.6 Å². The van der Waals surface area contributed by atoms with Gasteiger partial charge in [0.1, 0.15) is 17.7 Å². The van der Waals surface area contributed by atoms with E-state index in [4.69, 9.17) is 10.2 Å². The molecule has 0 bridgehead atoms. The van der Waals surface area contributed by atoms with Crippen LogP contribution in [-0.4, -0.2) is 62.9 Å². The molecule has 3 amide bonds. The summed E-state index contributed by atoms with van der Waals surface area (Å²) in [4.78, 5) is 36.9. The minimum absolute atomic E-state index is 0.0306. The molecule has 0 saturated heterocycles. The first-order chi connectivity index (χ1) is 14.7. The first-order valence-corrected chi connectivity index (χ1v) is 9.77. The highest BCUT2D eigenvalue weighted by Crippen LogP contribution is 2.30. The quantitative estimate of drug-likeness (QED) is 0.320. The van der Waals surface area contributed by atoms with Crippen LogP contribution in [0.1, 0.15) is 29.0 Å². The third-order valence-corrected chi connectivity index (χ3v) is 5.33. The summed E-state index contributed by atoms with van der Waals surface area (Å²) >= 11 is 0. The summed E-state index contributed by atoms with van der Waals surface area (Å²) in [6, 6.07) is 9.53. The number of furan rings is 1. The number of aliphatic hydroxyl groups is 3. The zero-order chi connectivity index (χ0) is 22.6. The molecule has 1 aromatic carbocycles. The van der Waals surface area contributed by atoms with E-state index < -0.39 is 54.0 Å². The van der Waals surface area contributed by atoms with E-state index in [0.29, 0.717) is 0 Å². The second kappa shape index (κ2) is 9.29. The van der Waals surface area contributed by atoms with Gasteiger partial charge >= 0.3 is 0 Å². The minimum atomic E-state index is -2.15. The van der Waals surface area contributed by atoms with Crippen molar-refractivity contribution in [2.75, 3.05) is 0 Å². The molecule has 0 radical (unpaired) electrons. The molecule has 5 atom stereocenters. The summed E-state index contributed by atoms with van der Waals surface area (Å²) in [5, 5.41) is 36.3. The molecule has 1 fully saturated rings. The molecule has 5 unspecified atom stereocenters. The number of primary amides is 1. The van der Waals surface area contributed by atoms with Crippen molar-refractivity contribution in [1.82, 2.24) is 10.6 Å². The zero-order valence-corrected chi connectivity index (χ0v) is 16.6. The average molecular weight is 431 g/mol. The van der Waals surface area contributed by atoms with Crippen LogP contribution in [-0.2, 0) is 16.0 Å². The first kappa shape index (κ1) is 22.5. The number of benzene rings is 1. The third-order valence-electron chi connectivity index (χ3n) is 5.33. The number of rotatable bonds is 7. The van der Waals surface area contributed by atoms with E-state index in [0.717, 1.165) is 5.56 Å². The van der Waals surface area contributed by atoms with Crippen molar-refractivity contribution in [2.45, 2.75) is 49.2 Å². The van der Waals surface area contributed by atoms with Gasteiger partial charge < -0.3 is 36.1 Å². The first-order valence-electron chi connectivity index (χ1n) is 9.77. The lowest BCUT2D eigenvalue weighted by molar-refractivity contribution is -0.159. The molecule has 31 heavy (non-hydrogen) atoms. The topological polar surface area (TPSA) is 175 Å². The second-order valence-electron chi connectivity index (χ2n) is 7.67. The van der Waals surface area contributed by atoms with Crippen molar-refractivity contribution in [2.24, 2.45) is 5.73 Å². The number of nitrogens with one attached hydrogen (secondary N) is 2. The Morgan fingerprint density at radius 3 is 2.45 bits per heavy atom. The molecule has 1 aliphatic carbocycles. The molecule has 1 aromatic heterocycles. The van der Waals surface area contributed by atoms with Gasteiger partial charge in [0.25, 0.3) is 11.8 Å². The van der Waals surface area contributed by atoms with Crippen LogP contribution in [0.5, 0.6) is 0 Å². The lowest BCUT2D eigenvalue weighted by Crippen LogP contribution is -2.64. The van der Waals surface area contributed by atoms with Crippen LogP contribution < -0.4 is 16.4 Å². The summed E-state index contributed by atoms with van der Waals surface area (Å²) in [5.74, 6) is -2.43. The van der Waals surface area contributed by atoms with Crippen LogP contribution in [0.3, 0.4) is 0 Å². The number of aliphatic hydroxyl groups excluding tert-OH is 2. The van der Waals surface area contributed by atoms with Crippen molar-refractivity contribution in [3.63, 3.8) is 0 Å². The highest BCUT2D eigenvalue weighted by Gasteiger charge is 2.49. The molecular formula is C21H25N3O7. The van der Waals surface area contributed by atoms with E-state index >= 15 is 0 Å². The lowest BCUT2D eigenvalue weighted by atomic mass is 9.77. The molecule has 2 aromatic rings. The zero-order valence-electron chi connectivity index (χ0n) is 16.6. The SMILES string of the molecule is NC(=O)C(Cc1ccccc1)NC(=O)C1(O)CC(O)C(O)C(NC(=O)c2ccco2)C1. The Balaban J connectivity index is 1.72. The van der Waals surface area contributed by atoms with Gasteiger partial charge in [0.15, 0.2) is 5.76 Å². The molecule has 10 nitrogen and oxygen atoms in total. The Bertz CT molecular complexity index is 918. The summed E-state index contributed by atoms with van der Waals surface area (Å²) in [5.41, 5.74) is 4.01. The Labute approximate surface area is 178 Å². The minimum Gasteiger partial charge on any atom is -0.459 e. The number of carbonyl (C=O) groups is 3. The molecule has 0 aliphatic heterocycles. The lowest BCUT2D eigenvalue weighted by Gasteiger charge is -2.41. The Kier molecular flexibility index (Phi) is 6.74. The molecule has 1 aliphatic rings. The molecule has 10 heteroatoms. The molecule has 0 spiro atoms. The van der Waals surface area contributed by atoms with Gasteiger partial charge in [-0.05, 0) is 17.7 Å². The molecule has 1 heterocycles. The predicted octanol–water partition coefficient (Wildman–Crippen LogP) is -1.16. The number of nitrogens with two attached hydrogens (primary N) is 1. The summed E-state index contributed by atoms with van der Waals surface area (Å²) < 4.78 is 4.98. The Hall–Kier alpha value is -3.21. The maximum absolute atomic E-state index is 12.8. The molecule has 1 saturated carbocycles. The largest absolute Gasteiger partial charge is 0.459 e. The van der Waals surface area contributed by atoms with E-state index in [1.807, 2.05) is 0 Å². The molecule has 3 rings (SSSR count). The Morgan fingerprint density at radius 1 is 1.13 bits per heavy atom. The van der Waals surface area contributed by atoms with Gasteiger partial charge in [-0.25, -0.2) is 0 Å². The van der Waals surface area contributed by atoms with Crippen LogP contribution in [0, 0.1) is 0 Å². The monoisotopic (exact) mass is 431 g/mol. The third kappa shape index (κ3) is 5.29. The number of hydrogen-bond acceptors (Lipinski definition) is 7. The normalized spacial score (nSPS) is 26.6. The number of hydrogen-bond donors (Lipinski definition) is 6. The summed E-state index contributed by atoms with van der Waals surface area (Å²) in [7, 11) is 0. The van der Waals surface area contributed by atoms with Crippen molar-refractivity contribution < 1.29 is 34.1 Å². The predicted molar refractivity (Wildman–Crippen MR) is 107 cm³/mol. The van der Waals surface area contributed by atoms with Crippen LogP contribution >= 0.6 is 0 Å². The van der Waals surface area contributed by atoms with Crippen molar-refractivity contribution in [1.29, 1.82) is 0 Å². The molecular weight excluding hydrogens is 406 g/mol. The van der Waals surface area contributed by atoms with Gasteiger partial charge in [0, 0.05) is 19.3 Å². The second-order valence-corrected chi connectivity index (χ2v) is 7.67. The van der Waals surface area contributed by atoms with E-state index in [1.54, 1.807) is 30.3 Å².